The summed E-state index contributed by atoms with van der Waals surface area (Å²) in [6.45, 7) is 2.13. The number of hydrogen-bond donors (Lipinski definition) is 6. The van der Waals surface area contributed by atoms with Gasteiger partial charge in [-0.3, -0.25) is 18.9 Å². The van der Waals surface area contributed by atoms with E-state index >= 15 is 4.39 Å². The third-order valence-corrected chi connectivity index (χ3v) is 8.23. The molecule has 3 unspecified atom stereocenters. The smallest absolute Gasteiger partial charge is 0.386 e. The van der Waals surface area contributed by atoms with Crippen molar-refractivity contribution < 1.29 is 60.6 Å². The van der Waals surface area contributed by atoms with Crippen molar-refractivity contribution >= 4 is 35.1 Å². The Hall–Kier alpha value is -1.21. The number of aliphatic hydroxyl groups is 1. The summed E-state index contributed by atoms with van der Waals surface area (Å²) >= 11 is 5.27. The lowest BCUT2D eigenvalue weighted by atomic mass is 9.95. The van der Waals surface area contributed by atoms with Crippen molar-refractivity contribution in [2.24, 2.45) is 0 Å². The van der Waals surface area contributed by atoms with Crippen LogP contribution in [-0.4, -0.2) is 58.2 Å². The Bertz CT molecular complexity index is 1270. The van der Waals surface area contributed by atoms with E-state index in [0.717, 1.165) is 13.0 Å². The summed E-state index contributed by atoms with van der Waals surface area (Å²) in [4.78, 5) is 61.5. The lowest BCUT2D eigenvalue weighted by Gasteiger charge is -2.25. The second-order valence-electron chi connectivity index (χ2n) is 6.74. The van der Waals surface area contributed by atoms with Crippen LogP contribution in [0.25, 0.3) is 0 Å². The molecule has 6 N–H and O–H groups in total. The fourth-order valence-corrected chi connectivity index (χ4v) is 6.36. The molecule has 192 valence electrons. The summed E-state index contributed by atoms with van der Waals surface area (Å²) in [7, 11) is -17.2. The minimum atomic E-state index is -5.85. The van der Waals surface area contributed by atoms with E-state index < -0.39 is 64.9 Å². The molecule has 0 bridgehead atoms. The Morgan fingerprint density at radius 2 is 1.82 bits per heavy atom. The first-order valence-corrected chi connectivity index (χ1v) is 13.5. The van der Waals surface area contributed by atoms with Crippen LogP contribution in [-0.2, 0) is 31.6 Å². The molecule has 1 aliphatic rings. The number of rotatable bonds is 8. The van der Waals surface area contributed by atoms with Gasteiger partial charge in [-0.15, -0.1) is 0 Å². The fourth-order valence-electron chi connectivity index (χ4n) is 3.01. The molecular formula is C13H17ClFN2O14P3. The van der Waals surface area contributed by atoms with Gasteiger partial charge in [-0.25, -0.2) is 22.9 Å². The molecule has 1 aromatic heterocycles. The minimum absolute atomic E-state index is 0.134. The first-order chi connectivity index (χ1) is 15.3. The van der Waals surface area contributed by atoms with Gasteiger partial charge in [-0.05, 0) is 31.4 Å². The highest BCUT2D eigenvalue weighted by Crippen LogP contribution is 2.66. The van der Waals surface area contributed by atoms with Crippen molar-refractivity contribution in [3.8, 4) is 11.3 Å². The van der Waals surface area contributed by atoms with Crippen molar-refractivity contribution in [2.45, 2.75) is 44.1 Å². The zero-order valence-electron chi connectivity index (χ0n) is 16.8. The number of nitrogens with one attached hydrogen (secondary N) is 1. The van der Waals surface area contributed by atoms with Gasteiger partial charge in [0.25, 0.3) is 5.56 Å². The summed E-state index contributed by atoms with van der Waals surface area (Å²) in [5.74, 6) is 1.81. The monoisotopic (exact) mass is 572 g/mol. The van der Waals surface area contributed by atoms with E-state index in [1.54, 1.807) is 5.38 Å². The molecule has 16 nitrogen and oxygen atoms in total. The number of alkyl halides is 1. The largest absolute Gasteiger partial charge is 0.490 e. The van der Waals surface area contributed by atoms with E-state index in [0.29, 0.717) is 4.57 Å². The van der Waals surface area contributed by atoms with E-state index in [2.05, 4.69) is 13.1 Å². The van der Waals surface area contributed by atoms with Gasteiger partial charge in [0.05, 0.1) is 6.10 Å². The number of nitrogens with zero attached hydrogens (tertiary/aromatic N) is 1. The maximum absolute atomic E-state index is 15.7. The van der Waals surface area contributed by atoms with Crippen LogP contribution in [0.5, 0.6) is 0 Å². The van der Waals surface area contributed by atoms with E-state index in [4.69, 9.17) is 26.1 Å². The molecule has 0 spiro atoms. The van der Waals surface area contributed by atoms with Gasteiger partial charge in [-0.2, -0.15) is 8.62 Å². The standard InChI is InChI=1S/C13H17ClFN2O14P3/c1-6-5-8(18)16-12(20)17(6)11-13(15,3-4-14)10(19)9(28-11)7(2)29-33(24,25)31-34(26,27)30-32(21,22)23/h5,7,9-11,19H,1-2H3,(H,24,25)(H,26,27)(H,16,18,20)(H2,21,22,23)/t7-,9+,10-,11+,13?/m0/s1. The molecular weight excluding hydrogens is 556 g/mol. The highest BCUT2D eigenvalue weighted by molar-refractivity contribution is 7.66. The predicted octanol–water partition coefficient (Wildman–Crippen LogP) is -0.257. The maximum atomic E-state index is 15.7. The SMILES string of the molecule is Cc1cc(=O)[nH]c(=O)n1[C@@H]1O[C@H]([C@H](C)OP(=O)(O)OP(=O)(O)OP(=O)(O)O)[C@H](O)C1(F)C#CCl. The number of phosphoric acid groups is 3. The Balaban J connectivity index is 2.37. The number of halogens is 2. The van der Waals surface area contributed by atoms with Gasteiger partial charge in [-0.1, -0.05) is 0 Å². The third kappa shape index (κ3) is 6.71. The Morgan fingerprint density at radius 3 is 2.32 bits per heavy atom. The Kier molecular flexibility index (Phi) is 8.57. The van der Waals surface area contributed by atoms with E-state index in [1.807, 2.05) is 10.9 Å². The van der Waals surface area contributed by atoms with Gasteiger partial charge in [0.2, 0.25) is 5.67 Å². The molecule has 2 heterocycles. The predicted molar refractivity (Wildman–Crippen MR) is 108 cm³/mol. The second-order valence-corrected chi connectivity index (χ2v) is 11.3. The summed E-state index contributed by atoms with van der Waals surface area (Å²) in [5, 5.41) is 12.2. The number of aromatic nitrogens is 2. The van der Waals surface area contributed by atoms with Crippen molar-refractivity contribution in [3.05, 3.63) is 32.6 Å². The quantitative estimate of drug-likeness (QED) is 0.174. The molecule has 34 heavy (non-hydrogen) atoms. The average molecular weight is 573 g/mol. The lowest BCUT2D eigenvalue weighted by Crippen LogP contribution is -2.46. The van der Waals surface area contributed by atoms with Crippen molar-refractivity contribution in [2.75, 3.05) is 0 Å². The lowest BCUT2D eigenvalue weighted by molar-refractivity contribution is -0.0787. The molecule has 0 aromatic carbocycles. The molecule has 0 saturated carbocycles. The zero-order valence-corrected chi connectivity index (χ0v) is 20.3. The number of phosphoric ester groups is 1. The van der Waals surface area contributed by atoms with Crippen LogP contribution in [0.15, 0.2) is 15.7 Å². The fraction of sp³-hybridized carbons (Fsp3) is 0.538. The number of aliphatic hydroxyl groups excluding tert-OH is 1. The van der Waals surface area contributed by atoms with Gasteiger partial charge in [0, 0.05) is 17.1 Å². The molecule has 2 rings (SSSR count). The number of hydrogen-bond acceptors (Lipinski definition) is 10. The van der Waals surface area contributed by atoms with Crippen molar-refractivity contribution in [1.29, 1.82) is 0 Å². The number of ether oxygens (including phenoxy) is 1. The molecule has 1 fully saturated rings. The van der Waals surface area contributed by atoms with Crippen LogP contribution in [0.1, 0.15) is 18.8 Å². The molecule has 21 heteroatoms. The summed E-state index contributed by atoms with van der Waals surface area (Å²) in [6, 6.07) is 0.897. The molecule has 1 aliphatic heterocycles. The van der Waals surface area contributed by atoms with Gasteiger partial charge >= 0.3 is 29.2 Å². The molecule has 7 atom stereocenters. The highest BCUT2D eigenvalue weighted by atomic mass is 35.5. The van der Waals surface area contributed by atoms with Crippen LogP contribution in [0.4, 0.5) is 4.39 Å². The topological polar surface area (TPSA) is 244 Å². The van der Waals surface area contributed by atoms with Crippen LogP contribution in [0.3, 0.4) is 0 Å². The molecule has 0 radical (unpaired) electrons. The van der Waals surface area contributed by atoms with Crippen LogP contribution in [0.2, 0.25) is 0 Å². The zero-order chi connectivity index (χ0) is 26.3. The third-order valence-electron chi connectivity index (χ3n) is 4.21. The van der Waals surface area contributed by atoms with E-state index in [9.17, 15) is 38.2 Å². The number of aryl methyl sites for hydroxylation is 1. The summed E-state index contributed by atoms with van der Waals surface area (Å²) in [5.41, 5.74) is -5.28. The van der Waals surface area contributed by atoms with Crippen molar-refractivity contribution in [3.63, 3.8) is 0 Å². The van der Waals surface area contributed by atoms with Gasteiger partial charge in [0.1, 0.15) is 12.2 Å². The molecule has 0 aliphatic carbocycles. The van der Waals surface area contributed by atoms with Crippen LogP contribution >= 0.6 is 35.1 Å². The summed E-state index contributed by atoms with van der Waals surface area (Å²) in [6.07, 6.45) is -8.19. The highest BCUT2D eigenvalue weighted by Gasteiger charge is 2.60. The molecule has 1 aromatic rings. The second kappa shape index (κ2) is 10.0. The van der Waals surface area contributed by atoms with E-state index in [1.165, 1.54) is 6.92 Å². The molecule has 0 amide bonds. The van der Waals surface area contributed by atoms with Crippen LogP contribution < -0.4 is 11.2 Å². The average Bonchev–Trinajstić information content (AvgIpc) is 2.83. The van der Waals surface area contributed by atoms with Gasteiger partial charge in [0.15, 0.2) is 6.23 Å². The Labute approximate surface area is 193 Å². The first kappa shape index (κ1) is 29.0. The number of H-pyrrole nitrogens is 1. The minimum Gasteiger partial charge on any atom is -0.386 e. The normalized spacial score (nSPS) is 29.5. The van der Waals surface area contributed by atoms with Crippen molar-refractivity contribution in [1.82, 2.24) is 9.55 Å². The Morgan fingerprint density at radius 1 is 1.24 bits per heavy atom. The maximum Gasteiger partial charge on any atom is 0.490 e. The summed E-state index contributed by atoms with van der Waals surface area (Å²) < 4.78 is 67.4. The van der Waals surface area contributed by atoms with E-state index in [-0.39, 0.29) is 5.69 Å². The number of aromatic amines is 1. The molecule has 1 saturated heterocycles. The van der Waals surface area contributed by atoms with Gasteiger partial charge < -0.3 is 29.4 Å². The first-order valence-electron chi connectivity index (χ1n) is 8.62. The van der Waals surface area contributed by atoms with Crippen LogP contribution in [0, 0.1) is 18.2 Å².